The second-order valence-corrected chi connectivity index (χ2v) is 6.03. The zero-order chi connectivity index (χ0) is 17.6. The quantitative estimate of drug-likeness (QED) is 0.664. The van der Waals surface area contributed by atoms with Gasteiger partial charge in [-0.25, -0.2) is 4.98 Å². The van der Waals surface area contributed by atoms with Crippen LogP contribution in [0.2, 0.25) is 0 Å². The monoisotopic (exact) mass is 337 g/mol. The van der Waals surface area contributed by atoms with Gasteiger partial charge in [0.2, 0.25) is 5.89 Å². The first-order valence-electron chi connectivity index (χ1n) is 8.63. The smallest absolute Gasteiger partial charge is 0.226 e. The van der Waals surface area contributed by atoms with Gasteiger partial charge in [-0.05, 0) is 49.2 Å². The number of aryl methyl sites for hydroxylation is 2. The Bertz CT molecular complexity index is 824. The van der Waals surface area contributed by atoms with Crippen LogP contribution in [0.4, 0.5) is 0 Å². The molecular formula is C21H23NO3. The highest BCUT2D eigenvalue weighted by atomic mass is 16.5. The molecule has 3 aromatic rings. The summed E-state index contributed by atoms with van der Waals surface area (Å²) in [5.41, 5.74) is 2.80. The molecular weight excluding hydrogens is 314 g/mol. The number of phenols is 1. The van der Waals surface area contributed by atoms with Crippen LogP contribution in [0.15, 0.2) is 52.9 Å². The summed E-state index contributed by atoms with van der Waals surface area (Å²) in [6, 6.07) is 15.3. The molecule has 0 amide bonds. The van der Waals surface area contributed by atoms with Crippen molar-refractivity contribution in [2.45, 2.75) is 33.1 Å². The van der Waals surface area contributed by atoms with E-state index in [1.807, 2.05) is 43.3 Å². The van der Waals surface area contributed by atoms with Crippen LogP contribution in [0.1, 0.15) is 30.4 Å². The van der Waals surface area contributed by atoms with Gasteiger partial charge in [-0.2, -0.15) is 0 Å². The van der Waals surface area contributed by atoms with Crippen molar-refractivity contribution in [3.05, 3.63) is 65.5 Å². The lowest BCUT2D eigenvalue weighted by Gasteiger charge is -2.08. The van der Waals surface area contributed by atoms with Gasteiger partial charge in [0, 0.05) is 12.0 Å². The Balaban J connectivity index is 1.63. The molecule has 0 fully saturated rings. The van der Waals surface area contributed by atoms with Crippen LogP contribution in [0.5, 0.6) is 11.5 Å². The number of hydrogen-bond donors (Lipinski definition) is 1. The van der Waals surface area contributed by atoms with Crippen molar-refractivity contribution in [2.75, 3.05) is 6.61 Å². The first-order valence-corrected chi connectivity index (χ1v) is 8.63. The van der Waals surface area contributed by atoms with Gasteiger partial charge in [0.1, 0.15) is 17.3 Å². The molecule has 0 saturated carbocycles. The molecule has 0 saturated heterocycles. The number of aromatic nitrogens is 1. The first kappa shape index (κ1) is 17.1. The summed E-state index contributed by atoms with van der Waals surface area (Å²) < 4.78 is 11.6. The molecule has 0 aliphatic carbocycles. The Morgan fingerprint density at radius 1 is 1.08 bits per heavy atom. The number of aromatic hydroxyl groups is 1. The molecule has 0 aliphatic heterocycles. The third-order valence-electron chi connectivity index (χ3n) is 4.09. The van der Waals surface area contributed by atoms with Crippen LogP contribution in [-0.4, -0.2) is 16.7 Å². The standard InChI is InChI=1S/C21H23NO3/c1-3-7-17-14-18(10-11-20(17)23)24-13-12-19-15(2)25-21(22-19)16-8-5-4-6-9-16/h4-6,8-11,14,23H,3,7,12-13H2,1-2H3. The normalized spacial score (nSPS) is 10.8. The molecule has 1 N–H and O–H groups in total. The van der Waals surface area contributed by atoms with E-state index in [2.05, 4.69) is 11.9 Å². The molecule has 1 aromatic heterocycles. The molecule has 4 heteroatoms. The van der Waals surface area contributed by atoms with E-state index >= 15 is 0 Å². The maximum Gasteiger partial charge on any atom is 0.226 e. The Morgan fingerprint density at radius 2 is 1.88 bits per heavy atom. The fourth-order valence-electron chi connectivity index (χ4n) is 2.75. The second kappa shape index (κ2) is 7.88. The molecule has 2 aromatic carbocycles. The molecule has 25 heavy (non-hydrogen) atoms. The van der Waals surface area contributed by atoms with E-state index < -0.39 is 0 Å². The summed E-state index contributed by atoms with van der Waals surface area (Å²) in [5, 5.41) is 9.84. The van der Waals surface area contributed by atoms with Crippen LogP contribution in [-0.2, 0) is 12.8 Å². The number of hydrogen-bond acceptors (Lipinski definition) is 4. The molecule has 0 unspecified atom stereocenters. The van der Waals surface area contributed by atoms with Crippen molar-refractivity contribution in [1.29, 1.82) is 0 Å². The molecule has 4 nitrogen and oxygen atoms in total. The molecule has 0 radical (unpaired) electrons. The summed E-state index contributed by atoms with van der Waals surface area (Å²) in [5.74, 6) is 2.56. The molecule has 3 rings (SSSR count). The number of oxazole rings is 1. The number of phenolic OH excluding ortho intramolecular Hbond substituents is 1. The van der Waals surface area contributed by atoms with Crippen LogP contribution in [0, 0.1) is 6.92 Å². The van der Waals surface area contributed by atoms with Crippen LogP contribution < -0.4 is 4.74 Å². The summed E-state index contributed by atoms with van der Waals surface area (Å²) in [7, 11) is 0. The van der Waals surface area contributed by atoms with Gasteiger partial charge in [0.05, 0.1) is 12.3 Å². The topological polar surface area (TPSA) is 55.5 Å². The molecule has 130 valence electrons. The van der Waals surface area contributed by atoms with E-state index in [-0.39, 0.29) is 0 Å². The van der Waals surface area contributed by atoms with Gasteiger partial charge in [0.15, 0.2) is 0 Å². The Hall–Kier alpha value is -2.75. The lowest BCUT2D eigenvalue weighted by molar-refractivity contribution is 0.318. The molecule has 0 spiro atoms. The second-order valence-electron chi connectivity index (χ2n) is 6.03. The van der Waals surface area contributed by atoms with E-state index in [0.717, 1.165) is 41.2 Å². The van der Waals surface area contributed by atoms with Crippen LogP contribution in [0.3, 0.4) is 0 Å². The fraction of sp³-hybridized carbons (Fsp3) is 0.286. The molecule has 1 heterocycles. The maximum atomic E-state index is 9.84. The van der Waals surface area contributed by atoms with Crippen molar-refractivity contribution >= 4 is 0 Å². The van der Waals surface area contributed by atoms with E-state index in [1.54, 1.807) is 12.1 Å². The summed E-state index contributed by atoms with van der Waals surface area (Å²) in [4.78, 5) is 4.59. The van der Waals surface area contributed by atoms with E-state index in [4.69, 9.17) is 9.15 Å². The summed E-state index contributed by atoms with van der Waals surface area (Å²) in [6.07, 6.45) is 2.50. The predicted octanol–water partition coefficient (Wildman–Crippen LogP) is 4.93. The lowest BCUT2D eigenvalue weighted by atomic mass is 10.1. The van der Waals surface area contributed by atoms with Crippen molar-refractivity contribution in [2.24, 2.45) is 0 Å². The van der Waals surface area contributed by atoms with Crippen molar-refractivity contribution in [3.8, 4) is 23.0 Å². The lowest BCUT2D eigenvalue weighted by Crippen LogP contribution is -2.03. The SMILES string of the molecule is CCCc1cc(OCCc2nc(-c3ccccc3)oc2C)ccc1O. The number of benzene rings is 2. The first-order chi connectivity index (χ1) is 12.2. The molecule has 0 atom stereocenters. The Labute approximate surface area is 148 Å². The zero-order valence-electron chi connectivity index (χ0n) is 14.7. The van der Waals surface area contributed by atoms with Crippen molar-refractivity contribution in [1.82, 2.24) is 4.98 Å². The summed E-state index contributed by atoms with van der Waals surface area (Å²) >= 11 is 0. The van der Waals surface area contributed by atoms with Crippen molar-refractivity contribution in [3.63, 3.8) is 0 Å². The van der Waals surface area contributed by atoms with E-state index in [0.29, 0.717) is 24.7 Å². The van der Waals surface area contributed by atoms with Gasteiger partial charge < -0.3 is 14.3 Å². The predicted molar refractivity (Wildman–Crippen MR) is 98.0 cm³/mol. The molecule has 0 aliphatic rings. The van der Waals surface area contributed by atoms with Crippen LogP contribution >= 0.6 is 0 Å². The number of nitrogens with zero attached hydrogens (tertiary/aromatic N) is 1. The highest BCUT2D eigenvalue weighted by molar-refractivity contribution is 5.53. The van der Waals surface area contributed by atoms with Gasteiger partial charge in [-0.15, -0.1) is 0 Å². The highest BCUT2D eigenvalue weighted by Gasteiger charge is 2.11. The van der Waals surface area contributed by atoms with Gasteiger partial charge >= 0.3 is 0 Å². The Kier molecular flexibility index (Phi) is 5.39. The minimum absolute atomic E-state index is 0.328. The zero-order valence-corrected chi connectivity index (χ0v) is 14.7. The largest absolute Gasteiger partial charge is 0.508 e. The average molecular weight is 337 g/mol. The van der Waals surface area contributed by atoms with Gasteiger partial charge in [-0.3, -0.25) is 0 Å². The van der Waals surface area contributed by atoms with Crippen LogP contribution in [0.25, 0.3) is 11.5 Å². The number of ether oxygens (including phenoxy) is 1. The summed E-state index contributed by atoms with van der Waals surface area (Å²) in [6.45, 7) is 4.53. The fourth-order valence-corrected chi connectivity index (χ4v) is 2.75. The third kappa shape index (κ3) is 4.21. The maximum absolute atomic E-state index is 9.84. The minimum atomic E-state index is 0.328. The average Bonchev–Trinajstić information content (AvgIpc) is 3.00. The van der Waals surface area contributed by atoms with Crippen molar-refractivity contribution < 1.29 is 14.3 Å². The third-order valence-corrected chi connectivity index (χ3v) is 4.09. The van der Waals surface area contributed by atoms with E-state index in [1.165, 1.54) is 0 Å². The number of rotatable bonds is 7. The molecule has 0 bridgehead atoms. The highest BCUT2D eigenvalue weighted by Crippen LogP contribution is 2.25. The van der Waals surface area contributed by atoms with E-state index in [9.17, 15) is 5.11 Å². The minimum Gasteiger partial charge on any atom is -0.508 e. The van der Waals surface area contributed by atoms with Gasteiger partial charge in [-0.1, -0.05) is 31.5 Å². The van der Waals surface area contributed by atoms with Gasteiger partial charge in [0.25, 0.3) is 0 Å². The Morgan fingerprint density at radius 3 is 2.64 bits per heavy atom.